The van der Waals surface area contributed by atoms with E-state index in [1.165, 1.54) is 102 Å². The van der Waals surface area contributed by atoms with Gasteiger partial charge in [-0.3, -0.25) is 9.35 Å². The number of aliphatic hydroxyl groups is 2. The molecule has 0 spiro atoms. The quantitative estimate of drug-likeness (QED) is 0.0295. The standard InChI is InChI=1S/C41H75NO6S/c1-3-5-7-9-11-13-15-17-19-21-23-25-27-29-31-33-35-39(43)38(37-49(46,47)48)42-41(45)40(44)36-34-32-30-28-26-24-22-20-18-16-14-12-10-8-6-4-2/h17-20,25,27,33,35,38-40,43-44H,3-16,21-24,26,28-32,34,36-37H2,1-2H3,(H,42,45)(H,46,47,48)/b19-17+,20-18-,27-25+,35-33+. The van der Waals surface area contributed by atoms with Gasteiger partial charge in [-0.2, -0.15) is 8.42 Å². The predicted molar refractivity (Wildman–Crippen MR) is 208 cm³/mol. The second kappa shape index (κ2) is 34.7. The van der Waals surface area contributed by atoms with Crippen LogP contribution in [0.2, 0.25) is 0 Å². The molecule has 0 fully saturated rings. The van der Waals surface area contributed by atoms with Gasteiger partial charge in [-0.15, -0.1) is 0 Å². The van der Waals surface area contributed by atoms with Gasteiger partial charge in [0, 0.05) is 0 Å². The summed E-state index contributed by atoms with van der Waals surface area (Å²) in [6.45, 7) is 4.48. The first-order chi connectivity index (χ1) is 23.7. The minimum absolute atomic E-state index is 0.263. The zero-order chi connectivity index (χ0) is 36.3. The van der Waals surface area contributed by atoms with E-state index in [4.69, 9.17) is 0 Å². The molecule has 49 heavy (non-hydrogen) atoms. The van der Waals surface area contributed by atoms with Crippen molar-refractivity contribution in [3.05, 3.63) is 48.6 Å². The lowest BCUT2D eigenvalue weighted by Gasteiger charge is -2.22. The molecule has 0 aliphatic carbocycles. The lowest BCUT2D eigenvalue weighted by molar-refractivity contribution is -0.130. The number of nitrogens with one attached hydrogen (secondary N) is 1. The van der Waals surface area contributed by atoms with Crippen molar-refractivity contribution in [3.8, 4) is 0 Å². The number of amides is 1. The van der Waals surface area contributed by atoms with Crippen LogP contribution in [0.25, 0.3) is 0 Å². The Morgan fingerprint density at radius 3 is 1.35 bits per heavy atom. The maximum absolute atomic E-state index is 12.6. The van der Waals surface area contributed by atoms with Crippen LogP contribution >= 0.6 is 0 Å². The van der Waals surface area contributed by atoms with E-state index in [1.54, 1.807) is 6.08 Å². The summed E-state index contributed by atoms with van der Waals surface area (Å²) in [5, 5.41) is 23.3. The number of carbonyl (C=O) groups is 1. The van der Waals surface area contributed by atoms with Gasteiger partial charge in [0.15, 0.2) is 0 Å². The molecule has 0 rings (SSSR count). The van der Waals surface area contributed by atoms with Crippen LogP contribution in [0.3, 0.4) is 0 Å². The van der Waals surface area contributed by atoms with Gasteiger partial charge in [0.25, 0.3) is 10.1 Å². The van der Waals surface area contributed by atoms with E-state index in [1.807, 2.05) is 0 Å². The molecule has 0 radical (unpaired) electrons. The highest BCUT2D eigenvalue weighted by molar-refractivity contribution is 7.85. The van der Waals surface area contributed by atoms with Gasteiger partial charge in [-0.05, 0) is 70.6 Å². The number of carbonyl (C=O) groups excluding carboxylic acids is 1. The second-order valence-corrected chi connectivity index (χ2v) is 15.2. The molecule has 0 aliphatic rings. The molecule has 0 heterocycles. The number of allylic oxidation sites excluding steroid dienone is 7. The molecule has 4 N–H and O–H groups in total. The van der Waals surface area contributed by atoms with E-state index in [-0.39, 0.29) is 6.42 Å². The molecule has 0 aliphatic heterocycles. The molecule has 0 aromatic heterocycles. The SMILES string of the molecule is CCCCCCCC/C=C\CCCCCCCCC(O)C(=O)NC(CS(=O)(=O)O)C(O)/C=C/CC/C=C/CC/C=C/CCCCCCCC. The van der Waals surface area contributed by atoms with Crippen LogP contribution in [0.5, 0.6) is 0 Å². The highest BCUT2D eigenvalue weighted by atomic mass is 32.2. The topological polar surface area (TPSA) is 124 Å². The van der Waals surface area contributed by atoms with Crippen molar-refractivity contribution in [2.45, 2.75) is 199 Å². The van der Waals surface area contributed by atoms with Gasteiger partial charge < -0.3 is 15.5 Å². The van der Waals surface area contributed by atoms with Gasteiger partial charge in [0.1, 0.15) is 6.10 Å². The van der Waals surface area contributed by atoms with Crippen molar-refractivity contribution in [1.29, 1.82) is 0 Å². The Labute approximate surface area is 302 Å². The van der Waals surface area contributed by atoms with Crippen LogP contribution in [-0.2, 0) is 14.9 Å². The largest absolute Gasteiger partial charge is 0.387 e. The van der Waals surface area contributed by atoms with E-state index in [9.17, 15) is 28.0 Å². The Bertz CT molecular complexity index is 974. The summed E-state index contributed by atoms with van der Waals surface area (Å²) in [7, 11) is -4.46. The molecule has 0 saturated carbocycles. The Hall–Kier alpha value is -1.74. The normalized spacial score (nSPS) is 14.5. The summed E-state index contributed by atoms with van der Waals surface area (Å²) in [5.41, 5.74) is 0. The van der Waals surface area contributed by atoms with Gasteiger partial charge in [-0.25, -0.2) is 0 Å². The van der Waals surface area contributed by atoms with E-state index in [0.717, 1.165) is 51.4 Å². The van der Waals surface area contributed by atoms with E-state index in [0.29, 0.717) is 12.8 Å². The zero-order valence-corrected chi connectivity index (χ0v) is 32.2. The van der Waals surface area contributed by atoms with Gasteiger partial charge in [0.05, 0.1) is 17.9 Å². The van der Waals surface area contributed by atoms with Crippen LogP contribution in [0.4, 0.5) is 0 Å². The molecule has 0 aromatic rings. The van der Waals surface area contributed by atoms with Crippen LogP contribution in [0.1, 0.15) is 181 Å². The molecule has 8 heteroatoms. The third kappa shape index (κ3) is 34.5. The molecule has 0 aromatic carbocycles. The third-order valence-corrected chi connectivity index (χ3v) is 9.59. The number of aliphatic hydroxyl groups excluding tert-OH is 2. The van der Waals surface area contributed by atoms with Crippen molar-refractivity contribution < 1.29 is 28.0 Å². The van der Waals surface area contributed by atoms with E-state index >= 15 is 0 Å². The number of unbranched alkanes of at least 4 members (excludes halogenated alkanes) is 20. The minimum atomic E-state index is -4.46. The fraction of sp³-hybridized carbons (Fsp3) is 0.780. The average Bonchev–Trinajstić information content (AvgIpc) is 3.06. The Morgan fingerprint density at radius 2 is 0.918 bits per heavy atom. The van der Waals surface area contributed by atoms with Gasteiger partial charge in [-0.1, -0.05) is 159 Å². The summed E-state index contributed by atoms with van der Waals surface area (Å²) in [4.78, 5) is 12.6. The maximum Gasteiger partial charge on any atom is 0.267 e. The van der Waals surface area contributed by atoms with Gasteiger partial charge >= 0.3 is 0 Å². The Morgan fingerprint density at radius 1 is 0.551 bits per heavy atom. The fourth-order valence-electron chi connectivity index (χ4n) is 5.72. The highest BCUT2D eigenvalue weighted by Gasteiger charge is 2.27. The molecule has 0 saturated heterocycles. The lowest BCUT2D eigenvalue weighted by atomic mass is 10.0. The smallest absolute Gasteiger partial charge is 0.267 e. The predicted octanol–water partition coefficient (Wildman–Crippen LogP) is 10.5. The van der Waals surface area contributed by atoms with Crippen molar-refractivity contribution in [3.63, 3.8) is 0 Å². The summed E-state index contributed by atoms with van der Waals surface area (Å²) < 4.78 is 32.5. The second-order valence-electron chi connectivity index (χ2n) is 13.7. The van der Waals surface area contributed by atoms with Crippen molar-refractivity contribution >= 4 is 16.0 Å². The number of rotatable bonds is 35. The average molecular weight is 710 g/mol. The molecule has 0 bridgehead atoms. The van der Waals surface area contributed by atoms with E-state index in [2.05, 4.69) is 55.6 Å². The Kier molecular flexibility index (Phi) is 33.5. The first-order valence-corrected chi connectivity index (χ1v) is 21.6. The van der Waals surface area contributed by atoms with Crippen LogP contribution in [-0.4, -0.2) is 53.1 Å². The van der Waals surface area contributed by atoms with E-state index < -0.39 is 40.0 Å². The molecule has 1 amide bonds. The van der Waals surface area contributed by atoms with Crippen LogP contribution in [0.15, 0.2) is 48.6 Å². The summed E-state index contributed by atoms with van der Waals surface area (Å²) >= 11 is 0. The summed E-state index contributed by atoms with van der Waals surface area (Å²) in [5.74, 6) is -1.57. The van der Waals surface area contributed by atoms with Crippen molar-refractivity contribution in [2.24, 2.45) is 0 Å². The number of hydrogen-bond donors (Lipinski definition) is 4. The fourth-order valence-corrected chi connectivity index (χ4v) is 6.45. The monoisotopic (exact) mass is 710 g/mol. The molecule has 3 unspecified atom stereocenters. The maximum atomic E-state index is 12.6. The summed E-state index contributed by atoms with van der Waals surface area (Å²) in [6.07, 6.45) is 43.0. The lowest BCUT2D eigenvalue weighted by Crippen LogP contribution is -2.50. The third-order valence-electron chi connectivity index (χ3n) is 8.81. The molecular formula is C41H75NO6S. The van der Waals surface area contributed by atoms with Crippen molar-refractivity contribution in [2.75, 3.05) is 5.75 Å². The zero-order valence-electron chi connectivity index (χ0n) is 31.4. The minimum Gasteiger partial charge on any atom is -0.387 e. The molecule has 286 valence electrons. The first kappa shape index (κ1) is 47.3. The molecule has 7 nitrogen and oxygen atoms in total. The molecule has 3 atom stereocenters. The Balaban J connectivity index is 4.16. The summed E-state index contributed by atoms with van der Waals surface area (Å²) in [6, 6.07) is -1.26. The first-order valence-electron chi connectivity index (χ1n) is 19.9. The van der Waals surface area contributed by atoms with Crippen LogP contribution in [0, 0.1) is 0 Å². The molecular weight excluding hydrogens is 635 g/mol. The van der Waals surface area contributed by atoms with Gasteiger partial charge in [0.2, 0.25) is 5.91 Å². The highest BCUT2D eigenvalue weighted by Crippen LogP contribution is 2.13. The number of hydrogen-bond acceptors (Lipinski definition) is 5. The van der Waals surface area contributed by atoms with Crippen LogP contribution < -0.4 is 5.32 Å². The van der Waals surface area contributed by atoms with Crippen molar-refractivity contribution in [1.82, 2.24) is 5.32 Å².